The molecule has 3 heterocycles. The van der Waals surface area contributed by atoms with Crippen LogP contribution in [0.1, 0.15) is 36.0 Å². The normalized spacial score (nSPS) is 18.6. The van der Waals surface area contributed by atoms with E-state index in [0.29, 0.717) is 13.1 Å². The number of nitrogens with zero attached hydrogens (tertiary/aromatic N) is 5. The Morgan fingerprint density at radius 2 is 2.16 bits per heavy atom. The summed E-state index contributed by atoms with van der Waals surface area (Å²) in [5.41, 5.74) is -0.0579. The first-order valence-corrected chi connectivity index (χ1v) is 8.12. The van der Waals surface area contributed by atoms with Crippen LogP contribution < -0.4 is 0 Å². The number of halogens is 3. The molecule has 0 aliphatic carbocycles. The van der Waals surface area contributed by atoms with Crippen molar-refractivity contribution in [2.24, 2.45) is 7.05 Å². The van der Waals surface area contributed by atoms with E-state index in [2.05, 4.69) is 10.1 Å². The summed E-state index contributed by atoms with van der Waals surface area (Å²) in [5.74, 6) is 0.848. The molecule has 2 aromatic rings. The number of hydrogen-bond acceptors (Lipinski definition) is 3. The third-order valence-electron chi connectivity index (χ3n) is 4.40. The number of aromatic nitrogens is 4. The minimum atomic E-state index is -4.50. The van der Waals surface area contributed by atoms with Gasteiger partial charge in [-0.15, -0.1) is 0 Å². The SMILES string of the molecule is Cc1cn(C)c([C@H]2CCCN(C(=O)Cn3ccc(C(F)(F)F)n3)C2)n1. The molecule has 1 fully saturated rings. The van der Waals surface area contributed by atoms with Crippen LogP contribution in [0.25, 0.3) is 0 Å². The number of carbonyl (C=O) groups is 1. The third-order valence-corrected chi connectivity index (χ3v) is 4.40. The fourth-order valence-electron chi connectivity index (χ4n) is 3.27. The number of amides is 1. The molecule has 3 rings (SSSR count). The van der Waals surface area contributed by atoms with Crippen molar-refractivity contribution >= 4 is 5.91 Å². The molecule has 0 spiro atoms. The fraction of sp³-hybridized carbons (Fsp3) is 0.562. The van der Waals surface area contributed by atoms with Crippen molar-refractivity contribution in [2.45, 2.75) is 38.4 Å². The molecule has 9 heteroatoms. The number of rotatable bonds is 3. The second kappa shape index (κ2) is 6.53. The first-order valence-electron chi connectivity index (χ1n) is 8.12. The standard InChI is InChI=1S/C16H20F3N5O/c1-11-8-22(2)15(20-11)12-4-3-6-23(9-12)14(25)10-24-7-5-13(21-24)16(17,18)19/h5,7-8,12H,3-4,6,9-10H2,1-2H3/t12-/m0/s1. The summed E-state index contributed by atoms with van der Waals surface area (Å²) in [4.78, 5) is 18.7. The number of imidazole rings is 1. The van der Waals surface area contributed by atoms with Crippen molar-refractivity contribution < 1.29 is 18.0 Å². The molecule has 0 aromatic carbocycles. The van der Waals surface area contributed by atoms with E-state index in [1.54, 1.807) is 4.90 Å². The van der Waals surface area contributed by atoms with Crippen molar-refractivity contribution in [1.29, 1.82) is 0 Å². The van der Waals surface area contributed by atoms with Crippen molar-refractivity contribution in [1.82, 2.24) is 24.2 Å². The van der Waals surface area contributed by atoms with Crippen molar-refractivity contribution in [3.05, 3.63) is 35.7 Å². The largest absolute Gasteiger partial charge is 0.435 e. The van der Waals surface area contributed by atoms with Gasteiger partial charge < -0.3 is 9.47 Å². The Balaban J connectivity index is 1.66. The number of carbonyl (C=O) groups excluding carboxylic acids is 1. The van der Waals surface area contributed by atoms with Crippen LogP contribution in [0, 0.1) is 6.92 Å². The van der Waals surface area contributed by atoms with Crippen molar-refractivity contribution in [3.8, 4) is 0 Å². The molecule has 136 valence electrons. The molecule has 1 aliphatic rings. The Bertz CT molecular complexity index is 764. The monoisotopic (exact) mass is 355 g/mol. The molecule has 1 aliphatic heterocycles. The molecular formula is C16H20F3N5O. The molecule has 0 unspecified atom stereocenters. The molecule has 0 bridgehead atoms. The molecule has 6 nitrogen and oxygen atoms in total. The summed E-state index contributed by atoms with van der Waals surface area (Å²) in [6.45, 7) is 2.86. The predicted molar refractivity (Wildman–Crippen MR) is 83.7 cm³/mol. The highest BCUT2D eigenvalue weighted by atomic mass is 19.4. The van der Waals surface area contributed by atoms with Crippen LogP contribution in [-0.2, 0) is 24.6 Å². The number of aryl methyl sites for hydroxylation is 2. The van der Waals surface area contributed by atoms with E-state index in [0.717, 1.165) is 35.1 Å². The molecule has 25 heavy (non-hydrogen) atoms. The zero-order chi connectivity index (χ0) is 18.2. The van der Waals surface area contributed by atoms with Gasteiger partial charge in [0.05, 0.1) is 5.69 Å². The van der Waals surface area contributed by atoms with Gasteiger partial charge in [-0.05, 0) is 25.8 Å². The lowest BCUT2D eigenvalue weighted by Gasteiger charge is -2.32. The fourth-order valence-corrected chi connectivity index (χ4v) is 3.27. The van der Waals surface area contributed by atoms with E-state index in [1.165, 1.54) is 6.20 Å². The zero-order valence-electron chi connectivity index (χ0n) is 14.1. The molecule has 1 saturated heterocycles. The van der Waals surface area contributed by atoms with E-state index in [-0.39, 0.29) is 18.4 Å². The molecule has 0 N–H and O–H groups in total. The van der Waals surface area contributed by atoms with Gasteiger partial charge in [0.1, 0.15) is 12.4 Å². The lowest BCUT2D eigenvalue weighted by Crippen LogP contribution is -2.41. The summed E-state index contributed by atoms with van der Waals surface area (Å²) in [7, 11) is 1.93. The number of hydrogen-bond donors (Lipinski definition) is 0. The highest BCUT2D eigenvalue weighted by Gasteiger charge is 2.34. The highest BCUT2D eigenvalue weighted by Crippen LogP contribution is 2.28. The molecular weight excluding hydrogens is 335 g/mol. The predicted octanol–water partition coefficient (Wildman–Crippen LogP) is 2.35. The minimum absolute atomic E-state index is 0.139. The van der Waals surface area contributed by atoms with Crippen LogP contribution in [0.2, 0.25) is 0 Å². The quantitative estimate of drug-likeness (QED) is 0.849. The first-order chi connectivity index (χ1) is 11.7. The van der Waals surface area contributed by atoms with Gasteiger partial charge in [0.25, 0.3) is 0 Å². The third kappa shape index (κ3) is 3.85. The topological polar surface area (TPSA) is 56.0 Å². The second-order valence-electron chi connectivity index (χ2n) is 6.43. The second-order valence-corrected chi connectivity index (χ2v) is 6.43. The van der Waals surface area contributed by atoms with E-state index in [1.807, 2.05) is 24.7 Å². The van der Waals surface area contributed by atoms with E-state index >= 15 is 0 Å². The minimum Gasteiger partial charge on any atom is -0.340 e. The van der Waals surface area contributed by atoms with Gasteiger partial charge in [0, 0.05) is 38.4 Å². The molecule has 1 atom stereocenters. The van der Waals surface area contributed by atoms with Crippen LogP contribution in [0.5, 0.6) is 0 Å². The van der Waals surface area contributed by atoms with Crippen LogP contribution >= 0.6 is 0 Å². The van der Waals surface area contributed by atoms with E-state index in [9.17, 15) is 18.0 Å². The summed E-state index contributed by atoms with van der Waals surface area (Å²) >= 11 is 0. The van der Waals surface area contributed by atoms with Gasteiger partial charge in [0.15, 0.2) is 5.69 Å². The van der Waals surface area contributed by atoms with Gasteiger partial charge >= 0.3 is 6.18 Å². The van der Waals surface area contributed by atoms with Crippen molar-refractivity contribution in [2.75, 3.05) is 13.1 Å². The van der Waals surface area contributed by atoms with E-state index in [4.69, 9.17) is 0 Å². The summed E-state index contributed by atoms with van der Waals surface area (Å²) in [6, 6.07) is 0.878. The average molecular weight is 355 g/mol. The Kier molecular flexibility index (Phi) is 4.57. The van der Waals surface area contributed by atoms with Gasteiger partial charge in [-0.25, -0.2) is 4.98 Å². The van der Waals surface area contributed by atoms with Crippen LogP contribution in [-0.4, -0.2) is 43.2 Å². The summed E-state index contributed by atoms with van der Waals surface area (Å²) < 4.78 is 40.8. The van der Waals surface area contributed by atoms with Gasteiger partial charge in [-0.3, -0.25) is 9.48 Å². The maximum atomic E-state index is 12.6. The number of piperidine rings is 1. The lowest BCUT2D eigenvalue weighted by atomic mass is 9.97. The zero-order valence-corrected chi connectivity index (χ0v) is 14.1. The Labute approximate surface area is 143 Å². The van der Waals surface area contributed by atoms with Gasteiger partial charge in [0.2, 0.25) is 5.91 Å². The van der Waals surface area contributed by atoms with Crippen LogP contribution in [0.4, 0.5) is 13.2 Å². The summed E-state index contributed by atoms with van der Waals surface area (Å²) in [5, 5.41) is 3.44. The van der Waals surface area contributed by atoms with Crippen molar-refractivity contribution in [3.63, 3.8) is 0 Å². The van der Waals surface area contributed by atoms with Crippen LogP contribution in [0.15, 0.2) is 18.5 Å². The lowest BCUT2D eigenvalue weighted by molar-refractivity contribution is -0.142. The molecule has 2 aromatic heterocycles. The average Bonchev–Trinajstić information content (AvgIpc) is 3.13. The first kappa shape index (κ1) is 17.5. The molecule has 0 saturated carbocycles. The van der Waals surface area contributed by atoms with Gasteiger partial charge in [-0.2, -0.15) is 18.3 Å². The van der Waals surface area contributed by atoms with Gasteiger partial charge in [-0.1, -0.05) is 0 Å². The Hall–Kier alpha value is -2.32. The Morgan fingerprint density at radius 1 is 1.40 bits per heavy atom. The number of alkyl halides is 3. The Morgan fingerprint density at radius 3 is 2.76 bits per heavy atom. The molecule has 1 amide bonds. The highest BCUT2D eigenvalue weighted by molar-refractivity contribution is 5.76. The molecule has 0 radical (unpaired) electrons. The maximum Gasteiger partial charge on any atom is 0.435 e. The van der Waals surface area contributed by atoms with E-state index < -0.39 is 11.9 Å². The smallest absolute Gasteiger partial charge is 0.340 e. The maximum absolute atomic E-state index is 12.6. The van der Waals surface area contributed by atoms with Crippen LogP contribution in [0.3, 0.4) is 0 Å². The number of likely N-dealkylation sites (tertiary alicyclic amines) is 1. The summed E-state index contributed by atoms with van der Waals surface area (Å²) in [6.07, 6.45) is 0.409.